The van der Waals surface area contributed by atoms with Crippen molar-refractivity contribution >= 4 is 11.9 Å². The molecular formula is C18H17FN4O4. The summed E-state index contributed by atoms with van der Waals surface area (Å²) in [4.78, 5) is 14.9. The van der Waals surface area contributed by atoms with Crippen molar-refractivity contribution < 1.29 is 23.4 Å². The fourth-order valence-electron chi connectivity index (χ4n) is 2.31. The number of aromatic nitrogens is 3. The number of carbonyl (C=O) groups excluding carboxylic acids is 1. The van der Waals surface area contributed by atoms with Gasteiger partial charge >= 0.3 is 0 Å². The third-order valence-electron chi connectivity index (χ3n) is 3.57. The molecule has 0 unspecified atom stereocenters. The predicted molar refractivity (Wildman–Crippen MR) is 95.4 cm³/mol. The first-order valence-electron chi connectivity index (χ1n) is 7.92. The SMILES string of the molecule is COc1ccc(-c2nnc(NC(=O)COc3cccc(F)c3)[nH]2)c(OC)c1. The van der Waals surface area contributed by atoms with Gasteiger partial charge in [-0.05, 0) is 24.3 Å². The van der Waals surface area contributed by atoms with E-state index in [-0.39, 0.29) is 18.3 Å². The Labute approximate surface area is 154 Å². The van der Waals surface area contributed by atoms with Crippen LogP contribution in [0.25, 0.3) is 11.4 Å². The highest BCUT2D eigenvalue weighted by Crippen LogP contribution is 2.31. The number of hydrogen-bond donors (Lipinski definition) is 2. The topological polar surface area (TPSA) is 98.4 Å². The summed E-state index contributed by atoms with van der Waals surface area (Å²) in [7, 11) is 3.09. The Balaban J connectivity index is 1.65. The lowest BCUT2D eigenvalue weighted by atomic mass is 10.2. The summed E-state index contributed by atoms with van der Waals surface area (Å²) < 4.78 is 28.8. The molecule has 0 saturated carbocycles. The van der Waals surface area contributed by atoms with Crippen molar-refractivity contribution in [1.82, 2.24) is 15.2 Å². The molecule has 8 nitrogen and oxygen atoms in total. The number of amides is 1. The molecule has 0 spiro atoms. The van der Waals surface area contributed by atoms with Crippen molar-refractivity contribution in [3.8, 4) is 28.6 Å². The molecule has 0 saturated heterocycles. The molecule has 1 amide bonds. The van der Waals surface area contributed by atoms with Crippen LogP contribution in [0, 0.1) is 5.82 Å². The molecular weight excluding hydrogens is 355 g/mol. The lowest BCUT2D eigenvalue weighted by Crippen LogP contribution is -2.20. The first-order valence-corrected chi connectivity index (χ1v) is 7.92. The van der Waals surface area contributed by atoms with Crippen molar-refractivity contribution in [2.75, 3.05) is 26.1 Å². The standard InChI is InChI=1S/C18H17FN4O4/c1-25-12-6-7-14(15(9-12)26-2)17-21-18(23-22-17)20-16(24)10-27-13-5-3-4-11(19)8-13/h3-9H,10H2,1-2H3,(H2,20,21,22,23,24). The maximum absolute atomic E-state index is 13.1. The second-order valence-corrected chi connectivity index (χ2v) is 5.38. The molecule has 0 aliphatic heterocycles. The number of nitrogens with zero attached hydrogens (tertiary/aromatic N) is 2. The summed E-state index contributed by atoms with van der Waals surface area (Å²) in [6.45, 7) is -0.300. The van der Waals surface area contributed by atoms with Crippen LogP contribution in [0.4, 0.5) is 10.3 Å². The zero-order valence-electron chi connectivity index (χ0n) is 14.7. The van der Waals surface area contributed by atoms with Crippen LogP contribution in [0.1, 0.15) is 0 Å². The number of rotatable bonds is 7. The molecule has 2 N–H and O–H groups in total. The zero-order chi connectivity index (χ0) is 19.2. The average molecular weight is 372 g/mol. The van der Waals surface area contributed by atoms with Gasteiger partial charge in [0.05, 0.1) is 19.8 Å². The van der Waals surface area contributed by atoms with E-state index in [0.29, 0.717) is 22.9 Å². The summed E-state index contributed by atoms with van der Waals surface area (Å²) in [6, 6.07) is 10.8. The number of nitrogens with one attached hydrogen (secondary N) is 2. The van der Waals surface area contributed by atoms with Gasteiger partial charge in [-0.1, -0.05) is 6.07 Å². The second-order valence-electron chi connectivity index (χ2n) is 5.38. The molecule has 27 heavy (non-hydrogen) atoms. The number of hydrogen-bond acceptors (Lipinski definition) is 6. The summed E-state index contributed by atoms with van der Waals surface area (Å²) in [5.41, 5.74) is 0.655. The number of halogens is 1. The molecule has 0 aliphatic carbocycles. The van der Waals surface area contributed by atoms with Crippen molar-refractivity contribution in [1.29, 1.82) is 0 Å². The van der Waals surface area contributed by atoms with Gasteiger partial charge in [0.1, 0.15) is 23.1 Å². The number of anilines is 1. The van der Waals surface area contributed by atoms with Crippen LogP contribution in [0.3, 0.4) is 0 Å². The van der Waals surface area contributed by atoms with Crippen LogP contribution in [-0.4, -0.2) is 41.9 Å². The molecule has 9 heteroatoms. The highest BCUT2D eigenvalue weighted by atomic mass is 19.1. The zero-order valence-corrected chi connectivity index (χ0v) is 14.7. The molecule has 0 atom stereocenters. The average Bonchev–Trinajstić information content (AvgIpc) is 3.14. The third kappa shape index (κ3) is 4.51. The largest absolute Gasteiger partial charge is 0.497 e. The van der Waals surface area contributed by atoms with Gasteiger partial charge in [0, 0.05) is 12.1 Å². The second kappa shape index (κ2) is 8.17. The number of aromatic amines is 1. The summed E-state index contributed by atoms with van der Waals surface area (Å²) in [5, 5.41) is 10.4. The van der Waals surface area contributed by atoms with Gasteiger partial charge in [0.15, 0.2) is 12.4 Å². The van der Waals surface area contributed by atoms with Crippen LogP contribution >= 0.6 is 0 Å². The van der Waals surface area contributed by atoms with Crippen LogP contribution in [0.5, 0.6) is 17.2 Å². The van der Waals surface area contributed by atoms with Crippen LogP contribution in [0.15, 0.2) is 42.5 Å². The van der Waals surface area contributed by atoms with E-state index in [4.69, 9.17) is 14.2 Å². The molecule has 3 rings (SSSR count). The molecule has 0 fully saturated rings. The van der Waals surface area contributed by atoms with E-state index >= 15 is 0 Å². The van der Waals surface area contributed by atoms with E-state index in [1.807, 2.05) is 0 Å². The molecule has 2 aromatic carbocycles. The fourth-order valence-corrected chi connectivity index (χ4v) is 2.31. The van der Waals surface area contributed by atoms with E-state index in [9.17, 15) is 9.18 Å². The molecule has 0 radical (unpaired) electrons. The fraction of sp³-hybridized carbons (Fsp3) is 0.167. The lowest BCUT2D eigenvalue weighted by molar-refractivity contribution is -0.118. The van der Waals surface area contributed by atoms with E-state index in [1.165, 1.54) is 25.3 Å². The quantitative estimate of drug-likeness (QED) is 0.662. The molecule has 3 aromatic rings. The van der Waals surface area contributed by atoms with E-state index in [0.717, 1.165) is 0 Å². The smallest absolute Gasteiger partial charge is 0.264 e. The predicted octanol–water partition coefficient (Wildman–Crippen LogP) is 2.65. The molecule has 140 valence electrons. The first-order chi connectivity index (χ1) is 13.1. The summed E-state index contributed by atoms with van der Waals surface area (Å²) in [5.74, 6) is 1.08. The maximum atomic E-state index is 13.1. The monoisotopic (exact) mass is 372 g/mol. The molecule has 0 aliphatic rings. The van der Waals surface area contributed by atoms with Gasteiger partial charge < -0.3 is 19.2 Å². The first kappa shape index (κ1) is 18.2. The Morgan fingerprint density at radius 1 is 1.11 bits per heavy atom. The van der Waals surface area contributed by atoms with E-state index in [2.05, 4.69) is 20.5 Å². The highest BCUT2D eigenvalue weighted by molar-refractivity contribution is 5.90. The normalized spacial score (nSPS) is 10.3. The van der Waals surface area contributed by atoms with Gasteiger partial charge in [-0.3, -0.25) is 10.1 Å². The lowest BCUT2D eigenvalue weighted by Gasteiger charge is -2.08. The van der Waals surface area contributed by atoms with Crippen molar-refractivity contribution in [3.05, 3.63) is 48.3 Å². The van der Waals surface area contributed by atoms with Crippen LogP contribution in [-0.2, 0) is 4.79 Å². The van der Waals surface area contributed by atoms with Gasteiger partial charge in [-0.25, -0.2) is 4.39 Å². The van der Waals surface area contributed by atoms with Gasteiger partial charge in [-0.2, -0.15) is 0 Å². The number of carbonyl (C=O) groups is 1. The Bertz CT molecular complexity index is 945. The number of ether oxygens (including phenoxy) is 3. The minimum atomic E-state index is -0.469. The number of H-pyrrole nitrogens is 1. The van der Waals surface area contributed by atoms with Crippen molar-refractivity contribution in [2.24, 2.45) is 0 Å². The summed E-state index contributed by atoms with van der Waals surface area (Å²) in [6.07, 6.45) is 0. The van der Waals surface area contributed by atoms with Gasteiger partial charge in [0.25, 0.3) is 5.91 Å². The highest BCUT2D eigenvalue weighted by Gasteiger charge is 2.13. The minimum absolute atomic E-state index is 0.149. The minimum Gasteiger partial charge on any atom is -0.497 e. The Morgan fingerprint density at radius 3 is 2.70 bits per heavy atom. The maximum Gasteiger partial charge on any atom is 0.264 e. The van der Waals surface area contributed by atoms with E-state index < -0.39 is 11.7 Å². The molecule has 1 aromatic heterocycles. The van der Waals surface area contributed by atoms with E-state index in [1.54, 1.807) is 31.4 Å². The van der Waals surface area contributed by atoms with Gasteiger partial charge in [0.2, 0.25) is 5.95 Å². The third-order valence-corrected chi connectivity index (χ3v) is 3.57. The summed E-state index contributed by atoms with van der Waals surface area (Å²) >= 11 is 0. The number of benzene rings is 2. The van der Waals surface area contributed by atoms with Gasteiger partial charge in [-0.15, -0.1) is 10.2 Å². The molecule has 0 bridgehead atoms. The van der Waals surface area contributed by atoms with Crippen molar-refractivity contribution in [3.63, 3.8) is 0 Å². The number of methoxy groups -OCH3 is 2. The Kier molecular flexibility index (Phi) is 5.50. The van der Waals surface area contributed by atoms with Crippen LogP contribution < -0.4 is 19.5 Å². The van der Waals surface area contributed by atoms with Crippen LogP contribution in [0.2, 0.25) is 0 Å². The Hall–Kier alpha value is -3.62. The Morgan fingerprint density at radius 2 is 1.96 bits per heavy atom. The molecule has 1 heterocycles. The van der Waals surface area contributed by atoms with Crippen molar-refractivity contribution in [2.45, 2.75) is 0 Å².